The van der Waals surface area contributed by atoms with E-state index in [4.69, 9.17) is 5.73 Å². The van der Waals surface area contributed by atoms with Crippen LogP contribution in [0.5, 0.6) is 0 Å². The third kappa shape index (κ3) is 3.30. The Morgan fingerprint density at radius 3 is 2.76 bits per heavy atom. The summed E-state index contributed by atoms with van der Waals surface area (Å²) in [5.41, 5.74) is 5.94. The first kappa shape index (κ1) is 17.6. The van der Waals surface area contributed by atoms with E-state index in [-0.39, 0.29) is 17.1 Å². The van der Waals surface area contributed by atoms with E-state index in [1.165, 1.54) is 33.3 Å². The summed E-state index contributed by atoms with van der Waals surface area (Å²) in [6, 6.07) is 6.63. The lowest BCUT2D eigenvalue weighted by atomic mass is 10.1. The highest BCUT2D eigenvalue weighted by atomic mass is 32.2. The van der Waals surface area contributed by atoms with Crippen molar-refractivity contribution in [2.24, 2.45) is 12.8 Å². The first-order valence-electron chi connectivity index (χ1n) is 7.75. The molecule has 3 rings (SSSR count). The molecular formula is C16H19FN4O3S. The number of benzene rings is 1. The van der Waals surface area contributed by atoms with Crippen LogP contribution in [0.3, 0.4) is 0 Å². The Hall–Kier alpha value is -2.23. The molecule has 25 heavy (non-hydrogen) atoms. The molecule has 1 aromatic carbocycles. The molecule has 1 saturated heterocycles. The number of aromatic nitrogens is 1. The van der Waals surface area contributed by atoms with Gasteiger partial charge in [-0.05, 0) is 23.8 Å². The van der Waals surface area contributed by atoms with Gasteiger partial charge in [0.2, 0.25) is 10.0 Å². The number of primary amides is 1. The Balaban J connectivity index is 2.02. The van der Waals surface area contributed by atoms with Crippen LogP contribution in [-0.2, 0) is 17.1 Å². The Morgan fingerprint density at radius 1 is 1.36 bits per heavy atom. The quantitative estimate of drug-likeness (QED) is 0.828. The van der Waals surface area contributed by atoms with Gasteiger partial charge in [-0.3, -0.25) is 4.79 Å². The maximum atomic E-state index is 13.6. The fourth-order valence-corrected chi connectivity index (χ4v) is 4.71. The standard InChI is InChI=1S/C16H19FN4O3S/c1-20-10-13(8-14(20)16(18)22)25(23,24)21-6-5-19-9-15(21)11-3-2-4-12(17)7-11/h2-4,7-8,10,15,19H,5-6,9H2,1H3,(H2,18,22). The summed E-state index contributed by atoms with van der Waals surface area (Å²) in [7, 11) is -2.31. The Labute approximate surface area is 145 Å². The number of carbonyl (C=O) groups is 1. The maximum absolute atomic E-state index is 13.6. The van der Waals surface area contributed by atoms with Crippen LogP contribution in [0.15, 0.2) is 41.4 Å². The van der Waals surface area contributed by atoms with E-state index < -0.39 is 27.8 Å². The molecule has 1 aromatic heterocycles. The molecule has 1 atom stereocenters. The second-order valence-corrected chi connectivity index (χ2v) is 7.82. The van der Waals surface area contributed by atoms with Crippen LogP contribution in [0.25, 0.3) is 0 Å². The minimum Gasteiger partial charge on any atom is -0.364 e. The summed E-state index contributed by atoms with van der Waals surface area (Å²) < 4.78 is 42.5. The fraction of sp³-hybridized carbons (Fsp3) is 0.312. The number of rotatable bonds is 4. The molecule has 2 heterocycles. The van der Waals surface area contributed by atoms with Crippen molar-refractivity contribution in [3.63, 3.8) is 0 Å². The normalized spacial score (nSPS) is 19.0. The van der Waals surface area contributed by atoms with Crippen molar-refractivity contribution < 1.29 is 17.6 Å². The Bertz CT molecular complexity index is 910. The Kier molecular flexibility index (Phi) is 4.63. The van der Waals surface area contributed by atoms with E-state index in [0.29, 0.717) is 18.7 Å². The van der Waals surface area contributed by atoms with Crippen molar-refractivity contribution in [2.75, 3.05) is 19.6 Å². The van der Waals surface area contributed by atoms with Gasteiger partial charge in [-0.2, -0.15) is 4.31 Å². The van der Waals surface area contributed by atoms with Crippen LogP contribution in [-0.4, -0.2) is 42.8 Å². The summed E-state index contributed by atoms with van der Waals surface area (Å²) >= 11 is 0. The molecule has 0 spiro atoms. The van der Waals surface area contributed by atoms with Crippen molar-refractivity contribution in [3.05, 3.63) is 53.6 Å². The van der Waals surface area contributed by atoms with E-state index in [1.54, 1.807) is 19.2 Å². The zero-order valence-electron chi connectivity index (χ0n) is 13.6. The number of hydrogen-bond donors (Lipinski definition) is 2. The van der Waals surface area contributed by atoms with Gasteiger partial charge in [0, 0.05) is 32.9 Å². The van der Waals surface area contributed by atoms with Gasteiger partial charge < -0.3 is 15.6 Å². The van der Waals surface area contributed by atoms with Gasteiger partial charge in [0.05, 0.1) is 6.04 Å². The molecule has 1 aliphatic rings. The summed E-state index contributed by atoms with van der Waals surface area (Å²) in [6.45, 7) is 1.10. The lowest BCUT2D eigenvalue weighted by Gasteiger charge is -2.35. The summed E-state index contributed by atoms with van der Waals surface area (Å²) in [5, 5.41) is 3.13. The van der Waals surface area contributed by atoms with Crippen LogP contribution in [0.1, 0.15) is 22.1 Å². The van der Waals surface area contributed by atoms with Gasteiger partial charge >= 0.3 is 0 Å². The highest BCUT2D eigenvalue weighted by molar-refractivity contribution is 7.89. The Morgan fingerprint density at radius 2 is 2.12 bits per heavy atom. The number of amides is 1. The number of aryl methyl sites for hydroxylation is 1. The first-order valence-corrected chi connectivity index (χ1v) is 9.19. The monoisotopic (exact) mass is 366 g/mol. The van der Waals surface area contributed by atoms with Crippen LogP contribution in [0.2, 0.25) is 0 Å². The topological polar surface area (TPSA) is 97.4 Å². The molecule has 1 amide bonds. The van der Waals surface area contributed by atoms with E-state index in [9.17, 15) is 17.6 Å². The number of nitrogens with zero attached hydrogens (tertiary/aromatic N) is 2. The number of carbonyl (C=O) groups excluding carboxylic acids is 1. The van der Waals surface area contributed by atoms with E-state index in [0.717, 1.165) is 0 Å². The third-order valence-corrected chi connectivity index (χ3v) is 6.14. The van der Waals surface area contributed by atoms with Crippen LogP contribution in [0.4, 0.5) is 4.39 Å². The predicted octanol–water partition coefficient (Wildman–Crippen LogP) is 0.598. The number of sulfonamides is 1. The number of nitrogens with two attached hydrogens (primary N) is 1. The molecule has 0 bridgehead atoms. The number of nitrogens with one attached hydrogen (secondary N) is 1. The molecule has 134 valence electrons. The van der Waals surface area contributed by atoms with E-state index >= 15 is 0 Å². The summed E-state index contributed by atoms with van der Waals surface area (Å²) in [5.74, 6) is -1.12. The average Bonchev–Trinajstić information content (AvgIpc) is 2.98. The van der Waals surface area contributed by atoms with Gasteiger partial charge in [0.15, 0.2) is 0 Å². The van der Waals surface area contributed by atoms with Crippen molar-refractivity contribution in [2.45, 2.75) is 10.9 Å². The van der Waals surface area contributed by atoms with Gasteiger partial charge in [-0.15, -0.1) is 0 Å². The molecule has 1 fully saturated rings. The zero-order valence-corrected chi connectivity index (χ0v) is 14.5. The van der Waals surface area contributed by atoms with E-state index in [1.807, 2.05) is 0 Å². The van der Waals surface area contributed by atoms with Crippen LogP contribution in [0, 0.1) is 5.82 Å². The molecule has 0 saturated carbocycles. The minimum absolute atomic E-state index is 0.00731. The molecule has 2 aromatic rings. The minimum atomic E-state index is -3.87. The van der Waals surface area contributed by atoms with Gasteiger partial charge in [-0.1, -0.05) is 12.1 Å². The van der Waals surface area contributed by atoms with Crippen molar-refractivity contribution >= 4 is 15.9 Å². The van der Waals surface area contributed by atoms with Crippen molar-refractivity contribution in [1.82, 2.24) is 14.2 Å². The highest BCUT2D eigenvalue weighted by Gasteiger charge is 2.35. The third-order valence-electron chi connectivity index (χ3n) is 4.27. The highest BCUT2D eigenvalue weighted by Crippen LogP contribution is 2.29. The zero-order chi connectivity index (χ0) is 18.2. The molecule has 1 aliphatic heterocycles. The van der Waals surface area contributed by atoms with Crippen molar-refractivity contribution in [3.8, 4) is 0 Å². The summed E-state index contributed by atoms with van der Waals surface area (Å²) in [6.07, 6.45) is 1.36. The fourth-order valence-electron chi connectivity index (χ4n) is 3.03. The largest absolute Gasteiger partial charge is 0.364 e. The molecule has 3 N–H and O–H groups in total. The molecule has 9 heteroatoms. The number of halogens is 1. The predicted molar refractivity (Wildman–Crippen MR) is 89.8 cm³/mol. The molecular weight excluding hydrogens is 347 g/mol. The number of hydrogen-bond acceptors (Lipinski definition) is 4. The molecule has 7 nitrogen and oxygen atoms in total. The lowest BCUT2D eigenvalue weighted by molar-refractivity contribution is 0.0992. The van der Waals surface area contributed by atoms with Crippen LogP contribution < -0.4 is 11.1 Å². The first-order chi connectivity index (χ1) is 11.8. The summed E-state index contributed by atoms with van der Waals surface area (Å²) in [4.78, 5) is 11.4. The smallest absolute Gasteiger partial charge is 0.265 e. The van der Waals surface area contributed by atoms with Crippen LogP contribution >= 0.6 is 0 Å². The van der Waals surface area contributed by atoms with Crippen molar-refractivity contribution in [1.29, 1.82) is 0 Å². The lowest BCUT2D eigenvalue weighted by Crippen LogP contribution is -2.48. The molecule has 0 aliphatic carbocycles. The second-order valence-electron chi connectivity index (χ2n) is 5.93. The molecule has 0 radical (unpaired) electrons. The average molecular weight is 366 g/mol. The SMILES string of the molecule is Cn1cc(S(=O)(=O)N2CCNCC2c2cccc(F)c2)cc1C(N)=O. The van der Waals surface area contributed by atoms with Gasteiger partial charge in [0.1, 0.15) is 16.4 Å². The van der Waals surface area contributed by atoms with Gasteiger partial charge in [-0.25, -0.2) is 12.8 Å². The maximum Gasteiger partial charge on any atom is 0.265 e. The number of piperazine rings is 1. The van der Waals surface area contributed by atoms with E-state index in [2.05, 4.69) is 5.32 Å². The molecule has 1 unspecified atom stereocenters. The van der Waals surface area contributed by atoms with Gasteiger partial charge in [0.25, 0.3) is 5.91 Å². The second kappa shape index (κ2) is 6.58.